The van der Waals surface area contributed by atoms with Crippen LogP contribution in [-0.2, 0) is 0 Å². The van der Waals surface area contributed by atoms with Gasteiger partial charge in [0.05, 0.1) is 6.61 Å². The highest BCUT2D eigenvalue weighted by Crippen LogP contribution is 2.40. The van der Waals surface area contributed by atoms with Crippen molar-refractivity contribution in [1.82, 2.24) is 10.2 Å². The van der Waals surface area contributed by atoms with E-state index in [9.17, 15) is 5.11 Å². The summed E-state index contributed by atoms with van der Waals surface area (Å²) in [6, 6.07) is 0.401. The number of rotatable bonds is 7. The van der Waals surface area contributed by atoms with Gasteiger partial charge >= 0.3 is 0 Å². The number of nitrogens with zero attached hydrogens (tertiary/aromatic N) is 1. The van der Waals surface area contributed by atoms with E-state index in [1.54, 1.807) is 0 Å². The molecule has 2 rings (SSSR count). The van der Waals surface area contributed by atoms with Gasteiger partial charge in [0.15, 0.2) is 0 Å². The molecule has 20 heavy (non-hydrogen) atoms. The van der Waals surface area contributed by atoms with Crippen molar-refractivity contribution in [3.63, 3.8) is 0 Å². The van der Waals surface area contributed by atoms with Crippen LogP contribution in [0.3, 0.4) is 0 Å². The molecule has 0 radical (unpaired) electrons. The minimum absolute atomic E-state index is 0.330. The third-order valence-electron chi connectivity index (χ3n) is 5.44. The van der Waals surface area contributed by atoms with Gasteiger partial charge in [0.2, 0.25) is 0 Å². The maximum absolute atomic E-state index is 9.66. The van der Waals surface area contributed by atoms with Crippen LogP contribution in [0, 0.1) is 17.3 Å². The van der Waals surface area contributed by atoms with Crippen molar-refractivity contribution in [2.24, 2.45) is 17.3 Å². The van der Waals surface area contributed by atoms with E-state index in [4.69, 9.17) is 0 Å². The molecule has 118 valence electrons. The smallest absolute Gasteiger partial charge is 0.0589 e. The monoisotopic (exact) mass is 282 g/mol. The molecule has 1 aliphatic carbocycles. The van der Waals surface area contributed by atoms with Crippen LogP contribution in [-0.4, -0.2) is 48.8 Å². The Balaban J connectivity index is 1.91. The van der Waals surface area contributed by atoms with Crippen molar-refractivity contribution >= 4 is 0 Å². The molecule has 0 spiro atoms. The van der Waals surface area contributed by atoms with Gasteiger partial charge in [-0.2, -0.15) is 0 Å². The van der Waals surface area contributed by atoms with Gasteiger partial charge in [0.1, 0.15) is 0 Å². The Hall–Kier alpha value is -0.120. The first-order valence-corrected chi connectivity index (χ1v) is 8.62. The summed E-state index contributed by atoms with van der Waals surface area (Å²) in [5, 5.41) is 13.4. The molecule has 2 N–H and O–H groups in total. The summed E-state index contributed by atoms with van der Waals surface area (Å²) in [5.74, 6) is 1.38. The minimum Gasteiger partial charge on any atom is -0.395 e. The first kappa shape index (κ1) is 16.3. The normalized spacial score (nSPS) is 30.4. The van der Waals surface area contributed by atoms with E-state index in [0.29, 0.717) is 24.0 Å². The van der Waals surface area contributed by atoms with Gasteiger partial charge in [-0.15, -0.1) is 0 Å². The molecule has 0 amide bonds. The van der Waals surface area contributed by atoms with Crippen molar-refractivity contribution in [3.8, 4) is 0 Å². The highest BCUT2D eigenvalue weighted by atomic mass is 16.3. The molecule has 3 nitrogen and oxygen atoms in total. The highest BCUT2D eigenvalue weighted by molar-refractivity contribution is 4.94. The van der Waals surface area contributed by atoms with Gasteiger partial charge in [0, 0.05) is 19.1 Å². The second-order valence-corrected chi connectivity index (χ2v) is 7.72. The van der Waals surface area contributed by atoms with Gasteiger partial charge < -0.3 is 10.4 Å². The fourth-order valence-corrected chi connectivity index (χ4v) is 4.15. The van der Waals surface area contributed by atoms with E-state index in [-0.39, 0.29) is 0 Å². The number of likely N-dealkylation sites (tertiary alicyclic amines) is 1. The molecule has 0 aromatic heterocycles. The zero-order valence-corrected chi connectivity index (χ0v) is 13.7. The standard InChI is InChI=1S/C17H34N2O/c1-14(2)10-18-12-17(7-4-5-8-17)13-19-9-6-15(3)16(19)11-20/h14-16,18,20H,4-13H2,1-3H3. The first-order chi connectivity index (χ1) is 9.56. The van der Waals surface area contributed by atoms with E-state index in [2.05, 4.69) is 31.0 Å². The van der Waals surface area contributed by atoms with Crippen LogP contribution < -0.4 is 5.32 Å². The summed E-state index contributed by atoms with van der Waals surface area (Å²) in [7, 11) is 0. The summed E-state index contributed by atoms with van der Waals surface area (Å²) in [5.41, 5.74) is 0.465. The first-order valence-electron chi connectivity index (χ1n) is 8.62. The Labute approximate surface area is 125 Å². The van der Waals surface area contributed by atoms with E-state index in [0.717, 1.165) is 19.0 Å². The maximum atomic E-state index is 9.66. The molecule has 1 aliphatic heterocycles. The number of hydrogen-bond donors (Lipinski definition) is 2. The summed E-state index contributed by atoms with van der Waals surface area (Å²) in [6.45, 7) is 11.8. The molecule has 2 fully saturated rings. The maximum Gasteiger partial charge on any atom is 0.0589 e. The van der Waals surface area contributed by atoms with Crippen molar-refractivity contribution in [3.05, 3.63) is 0 Å². The Kier molecular flexibility index (Phi) is 5.88. The van der Waals surface area contributed by atoms with Gasteiger partial charge in [-0.3, -0.25) is 4.90 Å². The second-order valence-electron chi connectivity index (χ2n) is 7.72. The Bertz CT molecular complexity index is 287. The molecular weight excluding hydrogens is 248 g/mol. The molecular formula is C17H34N2O. The average molecular weight is 282 g/mol. The lowest BCUT2D eigenvalue weighted by Crippen LogP contribution is -2.46. The Morgan fingerprint density at radius 1 is 1.30 bits per heavy atom. The van der Waals surface area contributed by atoms with Crippen LogP contribution in [0.4, 0.5) is 0 Å². The molecule has 2 atom stereocenters. The quantitative estimate of drug-likeness (QED) is 0.753. The lowest BCUT2D eigenvalue weighted by Gasteiger charge is -2.37. The van der Waals surface area contributed by atoms with E-state index >= 15 is 0 Å². The topological polar surface area (TPSA) is 35.5 Å². The Morgan fingerprint density at radius 2 is 2.00 bits per heavy atom. The molecule has 0 bridgehead atoms. The van der Waals surface area contributed by atoms with Gasteiger partial charge in [-0.05, 0) is 49.6 Å². The zero-order chi connectivity index (χ0) is 14.6. The SMILES string of the molecule is CC(C)CNCC1(CN2CCC(C)C2CO)CCCC1. The molecule has 2 aliphatic rings. The third kappa shape index (κ3) is 3.96. The lowest BCUT2D eigenvalue weighted by atomic mass is 9.85. The van der Waals surface area contributed by atoms with Crippen molar-refractivity contribution < 1.29 is 5.11 Å². The predicted molar refractivity (Wildman–Crippen MR) is 84.8 cm³/mol. The highest BCUT2D eigenvalue weighted by Gasteiger charge is 2.39. The summed E-state index contributed by atoms with van der Waals surface area (Å²) < 4.78 is 0. The molecule has 2 unspecified atom stereocenters. The van der Waals surface area contributed by atoms with Gasteiger partial charge in [-0.25, -0.2) is 0 Å². The summed E-state index contributed by atoms with van der Waals surface area (Å²) in [6.07, 6.45) is 6.75. The van der Waals surface area contributed by atoms with E-state index in [1.807, 2.05) is 0 Å². The fraction of sp³-hybridized carbons (Fsp3) is 1.00. The van der Waals surface area contributed by atoms with Crippen molar-refractivity contribution in [2.75, 3.05) is 32.8 Å². The van der Waals surface area contributed by atoms with Crippen molar-refractivity contribution in [1.29, 1.82) is 0 Å². The molecule has 0 aromatic carbocycles. The van der Waals surface area contributed by atoms with Gasteiger partial charge in [0.25, 0.3) is 0 Å². The van der Waals surface area contributed by atoms with Crippen LogP contribution in [0.1, 0.15) is 52.9 Å². The van der Waals surface area contributed by atoms with Crippen LogP contribution in [0.2, 0.25) is 0 Å². The minimum atomic E-state index is 0.330. The van der Waals surface area contributed by atoms with E-state index < -0.39 is 0 Å². The van der Waals surface area contributed by atoms with E-state index in [1.165, 1.54) is 45.2 Å². The predicted octanol–water partition coefficient (Wildman–Crippen LogP) is 2.50. The van der Waals surface area contributed by atoms with Crippen LogP contribution in [0.25, 0.3) is 0 Å². The molecule has 3 heteroatoms. The molecule has 0 aromatic rings. The molecule has 1 heterocycles. The van der Waals surface area contributed by atoms with Crippen LogP contribution in [0.5, 0.6) is 0 Å². The number of aliphatic hydroxyl groups excluding tert-OH is 1. The summed E-state index contributed by atoms with van der Waals surface area (Å²) in [4.78, 5) is 2.58. The molecule has 1 saturated heterocycles. The zero-order valence-electron chi connectivity index (χ0n) is 13.7. The second kappa shape index (κ2) is 7.24. The number of hydrogen-bond acceptors (Lipinski definition) is 3. The van der Waals surface area contributed by atoms with Gasteiger partial charge in [-0.1, -0.05) is 33.6 Å². The largest absolute Gasteiger partial charge is 0.395 e. The fourth-order valence-electron chi connectivity index (χ4n) is 4.15. The molecule has 1 saturated carbocycles. The van der Waals surface area contributed by atoms with Crippen LogP contribution >= 0.6 is 0 Å². The number of aliphatic hydroxyl groups is 1. The van der Waals surface area contributed by atoms with Crippen molar-refractivity contribution in [2.45, 2.75) is 58.9 Å². The lowest BCUT2D eigenvalue weighted by molar-refractivity contribution is 0.0897. The Morgan fingerprint density at radius 3 is 2.60 bits per heavy atom. The number of nitrogens with one attached hydrogen (secondary N) is 1. The average Bonchev–Trinajstić information content (AvgIpc) is 2.97. The third-order valence-corrected chi connectivity index (χ3v) is 5.44. The summed E-state index contributed by atoms with van der Waals surface area (Å²) >= 11 is 0. The van der Waals surface area contributed by atoms with Crippen LogP contribution in [0.15, 0.2) is 0 Å².